The highest BCUT2D eigenvalue weighted by molar-refractivity contribution is 5.77. The molecule has 2 heterocycles. The molecule has 2 aliphatic heterocycles. The summed E-state index contributed by atoms with van der Waals surface area (Å²) in [5, 5.41) is 0. The number of esters is 1. The molecule has 25 heavy (non-hydrogen) atoms. The van der Waals surface area contributed by atoms with Gasteiger partial charge in [0.05, 0.1) is 12.5 Å². The first-order valence-electron chi connectivity index (χ1n) is 9.92. The smallest absolute Gasteiger partial charge is 0.311 e. The second kappa shape index (κ2) is 5.56. The van der Waals surface area contributed by atoms with Gasteiger partial charge in [-0.05, 0) is 67.9 Å². The zero-order chi connectivity index (χ0) is 18.0. The molecular weight excluding hydrogens is 316 g/mol. The molecule has 5 aliphatic rings. The van der Waals surface area contributed by atoms with E-state index in [0.29, 0.717) is 17.8 Å². The number of methoxy groups -OCH3 is 1. The minimum absolute atomic E-state index is 0.0316. The van der Waals surface area contributed by atoms with Gasteiger partial charge in [0.1, 0.15) is 11.7 Å². The minimum Gasteiger partial charge on any atom is -0.469 e. The van der Waals surface area contributed by atoms with E-state index < -0.39 is 0 Å². The summed E-state index contributed by atoms with van der Waals surface area (Å²) in [5.41, 5.74) is 0.830. The van der Waals surface area contributed by atoms with E-state index in [4.69, 9.17) is 14.5 Å². The van der Waals surface area contributed by atoms with Crippen molar-refractivity contribution < 1.29 is 19.3 Å². The summed E-state index contributed by atoms with van der Waals surface area (Å²) in [4.78, 5) is 24.5. The maximum Gasteiger partial charge on any atom is 0.311 e. The lowest BCUT2D eigenvalue weighted by Gasteiger charge is -2.64. The van der Waals surface area contributed by atoms with E-state index in [-0.39, 0.29) is 28.5 Å². The highest BCUT2D eigenvalue weighted by Crippen LogP contribution is 2.67. The monoisotopic (exact) mass is 348 g/mol. The van der Waals surface area contributed by atoms with Gasteiger partial charge in [-0.15, -0.1) is 0 Å². The van der Waals surface area contributed by atoms with Crippen LogP contribution in [0.5, 0.6) is 0 Å². The molecule has 140 valence electrons. The second-order valence-electron chi connectivity index (χ2n) is 9.57. The predicted molar refractivity (Wildman–Crippen MR) is 94.5 cm³/mol. The van der Waals surface area contributed by atoms with Crippen LogP contribution in [0.4, 0.5) is 0 Å². The summed E-state index contributed by atoms with van der Waals surface area (Å²) in [7, 11) is 1.53. The zero-order valence-electron chi connectivity index (χ0n) is 16.3. The van der Waals surface area contributed by atoms with Gasteiger partial charge in [-0.1, -0.05) is 27.2 Å². The maximum absolute atomic E-state index is 12.7. The number of ether oxygens (including phenoxy) is 1. The predicted octanol–water partition coefficient (Wildman–Crippen LogP) is 4.44. The number of fused-ring (bicyclic) bond motifs is 2. The number of hydrogen-bond acceptors (Lipinski definition) is 4. The number of carbonyl (C=O) groups is 1. The van der Waals surface area contributed by atoms with Crippen LogP contribution in [0, 0.1) is 28.6 Å². The average Bonchev–Trinajstić information content (AvgIpc) is 2.60. The molecule has 3 fully saturated rings. The second-order valence-corrected chi connectivity index (χ2v) is 9.57. The normalized spacial score (nSPS) is 48.6. The lowest BCUT2D eigenvalue weighted by molar-refractivity contribution is -0.434. The van der Waals surface area contributed by atoms with Gasteiger partial charge in [-0.25, -0.2) is 9.78 Å². The first-order chi connectivity index (χ1) is 11.8. The third-order valence-electron chi connectivity index (χ3n) is 8.06. The summed E-state index contributed by atoms with van der Waals surface area (Å²) < 4.78 is 5.22. The number of carbonyl (C=O) groups excluding carboxylic acids is 1. The van der Waals surface area contributed by atoms with E-state index in [1.165, 1.54) is 12.7 Å². The van der Waals surface area contributed by atoms with Crippen molar-refractivity contribution in [3.8, 4) is 0 Å². The largest absolute Gasteiger partial charge is 0.469 e. The van der Waals surface area contributed by atoms with Gasteiger partial charge < -0.3 is 4.74 Å². The molecule has 1 saturated heterocycles. The third kappa shape index (κ3) is 2.22. The molecule has 0 aromatic carbocycles. The Labute approximate surface area is 151 Å². The molecule has 4 heteroatoms. The van der Waals surface area contributed by atoms with Crippen molar-refractivity contribution in [1.82, 2.24) is 0 Å². The van der Waals surface area contributed by atoms with Crippen LogP contribution in [0.3, 0.4) is 0 Å². The zero-order valence-corrected chi connectivity index (χ0v) is 16.3. The standard InChI is InChI=1S/C21H32O4/c1-13(2)14-12-21-10-7-16-19(3,17(21)11-15(14)24-25-21)8-6-9-20(16,4)18(22)23-5/h12-13,15-17H,6-11H2,1-5H3/t15?,16?,17?,19-,20+,21?/m0/s1. The van der Waals surface area contributed by atoms with Crippen molar-refractivity contribution in [3.63, 3.8) is 0 Å². The molecule has 0 N–H and O–H groups in total. The van der Waals surface area contributed by atoms with E-state index in [9.17, 15) is 4.79 Å². The molecule has 4 nitrogen and oxygen atoms in total. The Kier molecular flexibility index (Phi) is 3.90. The summed E-state index contributed by atoms with van der Waals surface area (Å²) in [6.07, 6.45) is 8.61. The van der Waals surface area contributed by atoms with Gasteiger partial charge in [-0.3, -0.25) is 4.79 Å². The molecule has 5 rings (SSSR count). The summed E-state index contributed by atoms with van der Waals surface area (Å²) in [5.74, 6) is 1.24. The Bertz CT molecular complexity index is 611. The fourth-order valence-electron chi connectivity index (χ4n) is 6.83. The van der Waals surface area contributed by atoms with E-state index in [2.05, 4.69) is 33.8 Å². The Balaban J connectivity index is 1.74. The van der Waals surface area contributed by atoms with E-state index in [0.717, 1.165) is 38.5 Å². The summed E-state index contributed by atoms with van der Waals surface area (Å²) in [6.45, 7) is 9.01. The van der Waals surface area contributed by atoms with Crippen molar-refractivity contribution in [2.24, 2.45) is 28.6 Å². The molecule has 4 unspecified atom stereocenters. The third-order valence-corrected chi connectivity index (χ3v) is 8.06. The Morgan fingerprint density at radius 3 is 2.68 bits per heavy atom. The van der Waals surface area contributed by atoms with Gasteiger partial charge in [0.2, 0.25) is 0 Å². The Hall–Kier alpha value is -0.870. The Morgan fingerprint density at radius 1 is 1.24 bits per heavy atom. The van der Waals surface area contributed by atoms with Gasteiger partial charge in [0, 0.05) is 5.92 Å². The molecule has 6 atom stereocenters. The molecule has 0 amide bonds. The van der Waals surface area contributed by atoms with Gasteiger partial charge in [0.25, 0.3) is 0 Å². The first kappa shape index (κ1) is 17.5. The van der Waals surface area contributed by atoms with Crippen molar-refractivity contribution in [1.29, 1.82) is 0 Å². The van der Waals surface area contributed by atoms with Crippen LogP contribution in [-0.2, 0) is 19.3 Å². The van der Waals surface area contributed by atoms with Crippen LogP contribution in [0.25, 0.3) is 0 Å². The lowest BCUT2D eigenvalue weighted by Crippen LogP contribution is -2.65. The van der Waals surface area contributed by atoms with Gasteiger partial charge in [-0.2, -0.15) is 0 Å². The van der Waals surface area contributed by atoms with Gasteiger partial charge >= 0.3 is 5.97 Å². The van der Waals surface area contributed by atoms with Crippen LogP contribution in [0.15, 0.2) is 11.6 Å². The highest BCUT2D eigenvalue weighted by atomic mass is 17.2. The van der Waals surface area contributed by atoms with Crippen molar-refractivity contribution in [3.05, 3.63) is 11.6 Å². The quantitative estimate of drug-likeness (QED) is 0.420. The first-order valence-corrected chi connectivity index (χ1v) is 9.92. The number of hydrogen-bond donors (Lipinski definition) is 0. The van der Waals surface area contributed by atoms with Crippen molar-refractivity contribution in [2.45, 2.75) is 77.9 Å². The fourth-order valence-corrected chi connectivity index (χ4v) is 6.83. The van der Waals surface area contributed by atoms with Crippen LogP contribution < -0.4 is 0 Å². The van der Waals surface area contributed by atoms with E-state index >= 15 is 0 Å². The van der Waals surface area contributed by atoms with Crippen molar-refractivity contribution in [2.75, 3.05) is 7.11 Å². The molecule has 2 saturated carbocycles. The Morgan fingerprint density at radius 2 is 2.00 bits per heavy atom. The molecule has 0 radical (unpaired) electrons. The summed E-state index contributed by atoms with van der Waals surface area (Å²) in [6, 6.07) is 0. The minimum atomic E-state index is -0.370. The van der Waals surface area contributed by atoms with Crippen LogP contribution >= 0.6 is 0 Å². The van der Waals surface area contributed by atoms with Crippen molar-refractivity contribution >= 4 is 5.97 Å². The molecule has 0 aromatic heterocycles. The van der Waals surface area contributed by atoms with Crippen LogP contribution in [-0.4, -0.2) is 24.8 Å². The molecule has 1 spiro atoms. The van der Waals surface area contributed by atoms with Crippen LogP contribution in [0.1, 0.15) is 66.2 Å². The summed E-state index contributed by atoms with van der Waals surface area (Å²) >= 11 is 0. The van der Waals surface area contributed by atoms with Crippen LogP contribution in [0.2, 0.25) is 0 Å². The highest BCUT2D eigenvalue weighted by Gasteiger charge is 2.66. The van der Waals surface area contributed by atoms with Gasteiger partial charge in [0.15, 0.2) is 0 Å². The molecule has 3 aliphatic carbocycles. The molecular formula is C21H32O4. The molecule has 0 aromatic rings. The maximum atomic E-state index is 12.7. The average molecular weight is 348 g/mol. The SMILES string of the molecule is COC(=O)[C@]1(C)CCC[C@]2(C)C3CC4OOC3(C=C4C(C)C)CCC21. The lowest BCUT2D eigenvalue weighted by atomic mass is 9.43. The molecule has 2 bridgehead atoms. The number of rotatable bonds is 2. The fraction of sp³-hybridized carbons (Fsp3) is 0.857. The van der Waals surface area contributed by atoms with E-state index in [1.807, 2.05) is 0 Å². The topological polar surface area (TPSA) is 44.8 Å². The van der Waals surface area contributed by atoms with E-state index in [1.54, 1.807) is 0 Å².